The Kier molecular flexibility index (Phi) is 4.24. The number of hydrogen-bond acceptors (Lipinski definition) is 2. The maximum atomic E-state index is 10.8. The molecule has 2 rings (SSSR count). The number of carboxylic acids is 1. The standard InChI is InChI=1S/C15H21NO2/c1-12-5-2-3-8-14(12)16(10-9-15(17)18)11-13-6-4-7-13/h2-3,5,8,13H,4,6-7,9-11H2,1H3,(H,17,18). The summed E-state index contributed by atoms with van der Waals surface area (Å²) in [7, 11) is 0. The molecular formula is C15H21NO2. The van der Waals surface area contributed by atoms with E-state index in [-0.39, 0.29) is 6.42 Å². The van der Waals surface area contributed by atoms with Gasteiger partial charge < -0.3 is 10.0 Å². The van der Waals surface area contributed by atoms with Gasteiger partial charge >= 0.3 is 5.97 Å². The van der Waals surface area contributed by atoms with Crippen LogP contribution >= 0.6 is 0 Å². The zero-order valence-corrected chi connectivity index (χ0v) is 10.9. The highest BCUT2D eigenvalue weighted by Gasteiger charge is 2.21. The van der Waals surface area contributed by atoms with Crippen LogP contribution in [0, 0.1) is 12.8 Å². The Balaban J connectivity index is 2.07. The topological polar surface area (TPSA) is 40.5 Å². The van der Waals surface area contributed by atoms with E-state index in [0.29, 0.717) is 6.54 Å². The second-order valence-electron chi connectivity index (χ2n) is 5.17. The quantitative estimate of drug-likeness (QED) is 0.839. The Morgan fingerprint density at radius 2 is 2.11 bits per heavy atom. The summed E-state index contributed by atoms with van der Waals surface area (Å²) in [6.07, 6.45) is 4.11. The summed E-state index contributed by atoms with van der Waals surface area (Å²) in [5.74, 6) is 0.0283. The molecular weight excluding hydrogens is 226 g/mol. The molecule has 0 aromatic heterocycles. The molecule has 0 atom stereocenters. The molecule has 0 radical (unpaired) electrons. The first-order valence-corrected chi connectivity index (χ1v) is 6.69. The van der Waals surface area contributed by atoms with Crippen molar-refractivity contribution in [2.24, 2.45) is 5.92 Å². The van der Waals surface area contributed by atoms with Gasteiger partial charge in [-0.25, -0.2) is 0 Å². The number of aliphatic carboxylic acids is 1. The second kappa shape index (κ2) is 5.89. The average molecular weight is 247 g/mol. The van der Waals surface area contributed by atoms with Crippen LogP contribution in [-0.2, 0) is 4.79 Å². The van der Waals surface area contributed by atoms with E-state index < -0.39 is 5.97 Å². The number of anilines is 1. The fourth-order valence-corrected chi connectivity index (χ4v) is 2.45. The third-order valence-electron chi connectivity index (χ3n) is 3.76. The highest BCUT2D eigenvalue weighted by Crippen LogP contribution is 2.30. The van der Waals surface area contributed by atoms with Gasteiger partial charge in [0.15, 0.2) is 0 Å². The minimum Gasteiger partial charge on any atom is -0.481 e. The van der Waals surface area contributed by atoms with Gasteiger partial charge in [-0.05, 0) is 37.3 Å². The molecule has 1 N–H and O–H groups in total. The lowest BCUT2D eigenvalue weighted by atomic mass is 9.85. The minimum absolute atomic E-state index is 0.209. The van der Waals surface area contributed by atoms with Crippen molar-refractivity contribution >= 4 is 11.7 Å². The molecule has 98 valence electrons. The first kappa shape index (κ1) is 12.9. The molecule has 0 heterocycles. The minimum atomic E-state index is -0.720. The van der Waals surface area contributed by atoms with Crippen molar-refractivity contribution in [2.45, 2.75) is 32.6 Å². The van der Waals surface area contributed by atoms with E-state index in [1.165, 1.54) is 30.5 Å². The van der Waals surface area contributed by atoms with Crippen molar-refractivity contribution < 1.29 is 9.90 Å². The van der Waals surface area contributed by atoms with E-state index in [9.17, 15) is 4.79 Å². The van der Waals surface area contributed by atoms with Gasteiger partial charge in [0.05, 0.1) is 6.42 Å². The highest BCUT2D eigenvalue weighted by molar-refractivity contribution is 5.68. The highest BCUT2D eigenvalue weighted by atomic mass is 16.4. The molecule has 1 fully saturated rings. The Labute approximate surface area is 108 Å². The Morgan fingerprint density at radius 1 is 1.39 bits per heavy atom. The van der Waals surface area contributed by atoms with Crippen molar-refractivity contribution in [1.82, 2.24) is 0 Å². The van der Waals surface area contributed by atoms with Gasteiger partial charge in [-0.3, -0.25) is 4.79 Å². The van der Waals surface area contributed by atoms with Crippen molar-refractivity contribution in [3.8, 4) is 0 Å². The molecule has 18 heavy (non-hydrogen) atoms. The van der Waals surface area contributed by atoms with Gasteiger partial charge in [-0.1, -0.05) is 24.6 Å². The molecule has 3 heteroatoms. The van der Waals surface area contributed by atoms with Crippen LogP contribution < -0.4 is 4.90 Å². The molecule has 1 aromatic rings. The van der Waals surface area contributed by atoms with Crippen LogP contribution in [0.2, 0.25) is 0 Å². The Bertz CT molecular complexity index is 413. The molecule has 1 aliphatic rings. The summed E-state index contributed by atoms with van der Waals surface area (Å²) in [4.78, 5) is 13.0. The summed E-state index contributed by atoms with van der Waals surface area (Å²) in [6.45, 7) is 3.69. The summed E-state index contributed by atoms with van der Waals surface area (Å²) in [6, 6.07) is 8.23. The van der Waals surface area contributed by atoms with Gasteiger partial charge in [-0.15, -0.1) is 0 Å². The molecule has 1 aromatic carbocycles. The van der Waals surface area contributed by atoms with Crippen molar-refractivity contribution in [1.29, 1.82) is 0 Å². The lowest BCUT2D eigenvalue weighted by Crippen LogP contribution is -2.34. The first-order chi connectivity index (χ1) is 8.66. The lowest BCUT2D eigenvalue weighted by molar-refractivity contribution is -0.136. The number of rotatable bonds is 6. The van der Waals surface area contributed by atoms with Crippen LogP contribution in [-0.4, -0.2) is 24.2 Å². The zero-order valence-electron chi connectivity index (χ0n) is 10.9. The van der Waals surface area contributed by atoms with Crippen LogP contribution in [0.1, 0.15) is 31.2 Å². The number of hydrogen-bond donors (Lipinski definition) is 1. The predicted molar refractivity (Wildman–Crippen MR) is 73.0 cm³/mol. The first-order valence-electron chi connectivity index (χ1n) is 6.69. The van der Waals surface area contributed by atoms with Gasteiger partial charge in [0.1, 0.15) is 0 Å². The lowest BCUT2D eigenvalue weighted by Gasteiger charge is -2.34. The Hall–Kier alpha value is -1.51. The molecule has 0 amide bonds. The van der Waals surface area contributed by atoms with E-state index in [1.54, 1.807) is 0 Å². The monoisotopic (exact) mass is 247 g/mol. The average Bonchev–Trinajstić information content (AvgIpc) is 2.28. The van der Waals surface area contributed by atoms with E-state index in [0.717, 1.165) is 12.5 Å². The number of carbonyl (C=O) groups is 1. The van der Waals surface area contributed by atoms with E-state index in [2.05, 4.69) is 24.0 Å². The molecule has 1 saturated carbocycles. The fourth-order valence-electron chi connectivity index (χ4n) is 2.45. The van der Waals surface area contributed by atoms with Crippen molar-refractivity contribution in [3.63, 3.8) is 0 Å². The number of aryl methyl sites for hydroxylation is 1. The molecule has 0 aliphatic heterocycles. The van der Waals surface area contributed by atoms with Gasteiger partial charge in [0.25, 0.3) is 0 Å². The summed E-state index contributed by atoms with van der Waals surface area (Å²) in [5, 5.41) is 8.86. The predicted octanol–water partition coefficient (Wildman–Crippen LogP) is 3.08. The third kappa shape index (κ3) is 3.25. The van der Waals surface area contributed by atoms with E-state index in [4.69, 9.17) is 5.11 Å². The zero-order chi connectivity index (χ0) is 13.0. The third-order valence-corrected chi connectivity index (χ3v) is 3.76. The van der Waals surface area contributed by atoms with Crippen LogP contribution in [0.25, 0.3) is 0 Å². The van der Waals surface area contributed by atoms with Crippen LogP contribution in [0.3, 0.4) is 0 Å². The van der Waals surface area contributed by atoms with Crippen molar-refractivity contribution in [2.75, 3.05) is 18.0 Å². The largest absolute Gasteiger partial charge is 0.481 e. The van der Waals surface area contributed by atoms with Crippen molar-refractivity contribution in [3.05, 3.63) is 29.8 Å². The number of carboxylic acid groups (broad SMARTS) is 1. The molecule has 0 spiro atoms. The smallest absolute Gasteiger partial charge is 0.305 e. The number of benzene rings is 1. The van der Waals surface area contributed by atoms with Gasteiger partial charge in [0, 0.05) is 18.8 Å². The molecule has 3 nitrogen and oxygen atoms in total. The molecule has 1 aliphatic carbocycles. The normalized spacial score (nSPS) is 15.2. The molecule has 0 unspecified atom stereocenters. The van der Waals surface area contributed by atoms with E-state index >= 15 is 0 Å². The fraction of sp³-hybridized carbons (Fsp3) is 0.533. The molecule has 0 saturated heterocycles. The molecule has 0 bridgehead atoms. The van der Waals surface area contributed by atoms with E-state index in [1.807, 2.05) is 12.1 Å². The van der Waals surface area contributed by atoms with Gasteiger partial charge in [0.2, 0.25) is 0 Å². The van der Waals surface area contributed by atoms with Crippen LogP contribution in [0.5, 0.6) is 0 Å². The summed E-state index contributed by atoms with van der Waals surface area (Å²) >= 11 is 0. The maximum absolute atomic E-state index is 10.8. The summed E-state index contributed by atoms with van der Waals surface area (Å²) in [5.41, 5.74) is 2.41. The second-order valence-corrected chi connectivity index (χ2v) is 5.17. The van der Waals surface area contributed by atoms with Crippen LogP contribution in [0.4, 0.5) is 5.69 Å². The number of nitrogens with zero attached hydrogens (tertiary/aromatic N) is 1. The van der Waals surface area contributed by atoms with Crippen LogP contribution in [0.15, 0.2) is 24.3 Å². The number of para-hydroxylation sites is 1. The van der Waals surface area contributed by atoms with Gasteiger partial charge in [-0.2, -0.15) is 0 Å². The SMILES string of the molecule is Cc1ccccc1N(CCC(=O)O)CC1CCC1. The summed E-state index contributed by atoms with van der Waals surface area (Å²) < 4.78 is 0. The maximum Gasteiger partial charge on any atom is 0.305 e. The Morgan fingerprint density at radius 3 is 2.67 bits per heavy atom.